The molecule has 0 N–H and O–H groups in total. The second kappa shape index (κ2) is 12.8. The lowest BCUT2D eigenvalue weighted by Crippen LogP contribution is -2.00. The fraction of sp³-hybridized carbons (Fsp3) is 0. The summed E-state index contributed by atoms with van der Waals surface area (Å²) < 4.78 is 6.64. The molecule has 0 aliphatic heterocycles. The molecule has 0 unspecified atom stereocenters. The van der Waals surface area contributed by atoms with Crippen LogP contribution in [0.2, 0.25) is 0 Å². The van der Waals surface area contributed by atoms with Crippen molar-refractivity contribution in [2.75, 3.05) is 0 Å². The van der Waals surface area contributed by atoms with E-state index in [0.29, 0.717) is 17.5 Å². The van der Waals surface area contributed by atoms with Crippen molar-refractivity contribution in [1.82, 2.24) is 19.9 Å². The number of fused-ring (bicyclic) bond motifs is 5. The minimum absolute atomic E-state index is 0.626. The van der Waals surface area contributed by atoms with Gasteiger partial charge in [-0.15, -0.1) is 0 Å². The van der Waals surface area contributed by atoms with E-state index in [-0.39, 0.29) is 0 Å². The third kappa shape index (κ3) is 5.52. The summed E-state index contributed by atoms with van der Waals surface area (Å²) in [7, 11) is 0. The molecule has 0 bridgehead atoms. The molecule has 10 aromatic rings. The first kappa shape index (κ1) is 30.6. The lowest BCUT2D eigenvalue weighted by Gasteiger charge is -2.11. The monoisotopic (exact) mass is 678 g/mol. The molecule has 0 amide bonds. The Kier molecular flexibility index (Phi) is 7.40. The summed E-state index contributed by atoms with van der Waals surface area (Å²) in [6, 6.07) is 60.3. The quantitative estimate of drug-likeness (QED) is 0.175. The van der Waals surface area contributed by atoms with Crippen molar-refractivity contribution in [2.45, 2.75) is 0 Å². The van der Waals surface area contributed by atoms with Crippen LogP contribution < -0.4 is 0 Å². The molecule has 0 fully saturated rings. The second-order valence-electron chi connectivity index (χ2n) is 13.0. The summed E-state index contributed by atoms with van der Waals surface area (Å²) in [6.07, 6.45) is 1.85. The molecule has 248 valence electrons. The molecule has 5 nitrogen and oxygen atoms in total. The molecule has 0 radical (unpaired) electrons. The number of pyridine rings is 1. The molecule has 3 heterocycles. The Balaban J connectivity index is 1.10. The topological polar surface area (TPSA) is 64.7 Å². The largest absolute Gasteiger partial charge is 0.455 e. The number of hydrogen-bond donors (Lipinski definition) is 0. The summed E-state index contributed by atoms with van der Waals surface area (Å²) in [5.74, 6) is 1.91. The molecule has 0 aliphatic rings. The van der Waals surface area contributed by atoms with Crippen LogP contribution in [0.15, 0.2) is 187 Å². The van der Waals surface area contributed by atoms with Gasteiger partial charge in [0.15, 0.2) is 17.5 Å². The van der Waals surface area contributed by atoms with E-state index in [1.54, 1.807) is 0 Å². The van der Waals surface area contributed by atoms with E-state index in [0.717, 1.165) is 82.9 Å². The molecule has 0 saturated carbocycles. The molecule has 0 atom stereocenters. The zero-order valence-corrected chi connectivity index (χ0v) is 28.5. The van der Waals surface area contributed by atoms with Gasteiger partial charge in [-0.3, -0.25) is 4.98 Å². The van der Waals surface area contributed by atoms with Crippen LogP contribution in [0.4, 0.5) is 0 Å². The van der Waals surface area contributed by atoms with Crippen LogP contribution in [-0.2, 0) is 0 Å². The lowest BCUT2D eigenvalue weighted by molar-refractivity contribution is 0.673. The number of rotatable bonds is 6. The van der Waals surface area contributed by atoms with E-state index < -0.39 is 0 Å². The predicted molar refractivity (Wildman–Crippen MR) is 215 cm³/mol. The molecule has 0 spiro atoms. The summed E-state index contributed by atoms with van der Waals surface area (Å²) in [4.78, 5) is 19.5. The van der Waals surface area contributed by atoms with E-state index in [9.17, 15) is 0 Å². The van der Waals surface area contributed by atoms with Gasteiger partial charge in [-0.1, -0.05) is 140 Å². The van der Waals surface area contributed by atoms with Gasteiger partial charge < -0.3 is 4.42 Å². The predicted octanol–water partition coefficient (Wildman–Crippen LogP) is 12.3. The van der Waals surface area contributed by atoms with Crippen LogP contribution in [-0.4, -0.2) is 19.9 Å². The maximum Gasteiger partial charge on any atom is 0.164 e. The Labute approximate surface area is 305 Å². The van der Waals surface area contributed by atoms with E-state index >= 15 is 0 Å². The number of nitrogens with zero attached hydrogens (tertiary/aromatic N) is 4. The molecule has 5 heteroatoms. The first-order valence-electron chi connectivity index (χ1n) is 17.6. The minimum atomic E-state index is 0.626. The highest BCUT2D eigenvalue weighted by Gasteiger charge is 2.19. The van der Waals surface area contributed by atoms with Crippen LogP contribution in [0.25, 0.3) is 100 Å². The first-order valence-corrected chi connectivity index (χ1v) is 17.6. The van der Waals surface area contributed by atoms with Crippen LogP contribution in [0, 0.1) is 0 Å². The van der Waals surface area contributed by atoms with Gasteiger partial charge in [-0.2, -0.15) is 0 Å². The Hall–Kier alpha value is -7.24. The number of hydrogen-bond acceptors (Lipinski definition) is 5. The highest BCUT2D eigenvalue weighted by atomic mass is 16.3. The van der Waals surface area contributed by atoms with Crippen molar-refractivity contribution in [3.05, 3.63) is 182 Å². The Morgan fingerprint density at radius 3 is 1.58 bits per heavy atom. The lowest BCUT2D eigenvalue weighted by atomic mass is 9.93. The van der Waals surface area contributed by atoms with E-state index in [1.165, 1.54) is 0 Å². The number of benzene rings is 7. The molecule has 0 saturated heterocycles. The van der Waals surface area contributed by atoms with Crippen LogP contribution in [0.5, 0.6) is 0 Å². The van der Waals surface area contributed by atoms with Crippen molar-refractivity contribution >= 4 is 32.7 Å². The third-order valence-electron chi connectivity index (χ3n) is 9.77. The fourth-order valence-corrected chi connectivity index (χ4v) is 7.26. The highest BCUT2D eigenvalue weighted by molar-refractivity contribution is 6.22. The van der Waals surface area contributed by atoms with Crippen LogP contribution in [0.1, 0.15) is 0 Å². The third-order valence-corrected chi connectivity index (χ3v) is 9.77. The van der Waals surface area contributed by atoms with Gasteiger partial charge in [0.05, 0.1) is 5.69 Å². The molecule has 7 aromatic carbocycles. The number of furan rings is 1. The minimum Gasteiger partial charge on any atom is -0.455 e. The van der Waals surface area contributed by atoms with Gasteiger partial charge in [0, 0.05) is 44.6 Å². The van der Waals surface area contributed by atoms with E-state index in [2.05, 4.69) is 103 Å². The summed E-state index contributed by atoms with van der Waals surface area (Å²) >= 11 is 0. The van der Waals surface area contributed by atoms with Crippen molar-refractivity contribution < 1.29 is 4.42 Å². The van der Waals surface area contributed by atoms with Crippen molar-refractivity contribution in [1.29, 1.82) is 0 Å². The highest BCUT2D eigenvalue weighted by Crippen LogP contribution is 2.43. The van der Waals surface area contributed by atoms with Gasteiger partial charge in [-0.05, 0) is 64.0 Å². The van der Waals surface area contributed by atoms with E-state index in [4.69, 9.17) is 24.4 Å². The summed E-state index contributed by atoms with van der Waals surface area (Å²) in [6.45, 7) is 0. The fourth-order valence-electron chi connectivity index (χ4n) is 7.26. The molecular formula is C48H30N4O. The Bertz CT molecular complexity index is 2880. The molecule has 10 rings (SSSR count). The normalized spacial score (nSPS) is 11.4. The van der Waals surface area contributed by atoms with E-state index in [1.807, 2.05) is 79.0 Å². The van der Waals surface area contributed by atoms with Gasteiger partial charge in [0.2, 0.25) is 0 Å². The zero-order valence-electron chi connectivity index (χ0n) is 28.5. The smallest absolute Gasteiger partial charge is 0.164 e. The van der Waals surface area contributed by atoms with Gasteiger partial charge >= 0.3 is 0 Å². The Morgan fingerprint density at radius 1 is 0.358 bits per heavy atom. The summed E-state index contributed by atoms with van der Waals surface area (Å²) in [5, 5.41) is 4.35. The van der Waals surface area contributed by atoms with Crippen molar-refractivity contribution in [2.24, 2.45) is 0 Å². The van der Waals surface area contributed by atoms with Gasteiger partial charge in [0.25, 0.3) is 0 Å². The molecule has 0 aliphatic carbocycles. The summed E-state index contributed by atoms with van der Waals surface area (Å²) in [5.41, 5.74) is 10.9. The van der Waals surface area contributed by atoms with Crippen LogP contribution >= 0.6 is 0 Å². The molecular weight excluding hydrogens is 649 g/mol. The number of aromatic nitrogens is 4. The maximum atomic E-state index is 6.64. The SMILES string of the molecule is c1ccc(-c2nc(-c3ccccc3)nc(-c3cccc(-c4cccc(-c5cccc6oc7c8ccccc8c(-c8ccccn8)cc7c56)c4)c3)n2)cc1. The standard InChI is InChI=1S/C48H30N4O/c1-3-14-31(15-4-1)46-50-47(32-16-5-2-6-17-32)52-48(51-46)36-21-12-19-34(29-36)33-18-11-20-35(28-33)37-24-13-26-43-44(37)41-30-40(42-25-9-10-27-49-42)38-22-7-8-23-39(38)45(41)53-43/h1-30H. The van der Waals surface area contributed by atoms with Gasteiger partial charge in [-0.25, -0.2) is 15.0 Å². The maximum absolute atomic E-state index is 6.64. The van der Waals surface area contributed by atoms with Crippen LogP contribution in [0.3, 0.4) is 0 Å². The molecule has 3 aromatic heterocycles. The average molecular weight is 679 g/mol. The first-order chi connectivity index (χ1) is 26.3. The Morgan fingerprint density at radius 2 is 0.906 bits per heavy atom. The van der Waals surface area contributed by atoms with Crippen molar-refractivity contribution in [3.63, 3.8) is 0 Å². The second-order valence-corrected chi connectivity index (χ2v) is 13.0. The molecule has 53 heavy (non-hydrogen) atoms. The van der Waals surface area contributed by atoms with Gasteiger partial charge in [0.1, 0.15) is 11.2 Å². The average Bonchev–Trinajstić information content (AvgIpc) is 3.63. The van der Waals surface area contributed by atoms with Crippen molar-refractivity contribution in [3.8, 4) is 67.7 Å². The zero-order chi connectivity index (χ0) is 35.1.